The average molecular weight is 328 g/mol. The van der Waals surface area contributed by atoms with Crippen molar-refractivity contribution in [2.45, 2.75) is 26.6 Å². The summed E-state index contributed by atoms with van der Waals surface area (Å²) in [5.41, 5.74) is 6.32. The predicted molar refractivity (Wildman–Crippen MR) is 82.1 cm³/mol. The number of nitrogens with one attached hydrogen (secondary N) is 1. The van der Waals surface area contributed by atoms with E-state index in [2.05, 4.69) is 5.09 Å². The molecule has 22 heavy (non-hydrogen) atoms. The Labute approximate surface area is 129 Å². The Morgan fingerprint density at radius 3 is 2.45 bits per heavy atom. The van der Waals surface area contributed by atoms with Gasteiger partial charge in [0.05, 0.1) is 6.10 Å². The molecule has 0 saturated heterocycles. The third-order valence-corrected chi connectivity index (χ3v) is 3.89. The van der Waals surface area contributed by atoms with E-state index in [0.29, 0.717) is 0 Å². The molecule has 1 unspecified atom stereocenters. The van der Waals surface area contributed by atoms with Crippen molar-refractivity contribution < 1.29 is 23.6 Å². The second kappa shape index (κ2) is 8.68. The summed E-state index contributed by atoms with van der Waals surface area (Å²) in [6.07, 6.45) is -0.767. The zero-order valence-corrected chi connectivity index (χ0v) is 13.5. The summed E-state index contributed by atoms with van der Waals surface area (Å²) in [6, 6.07) is 9.09. The number of nitrogens with two attached hydrogens (primary N) is 1. The lowest BCUT2D eigenvalue weighted by Gasteiger charge is -2.14. The molecule has 1 aromatic carbocycles. The minimum Gasteiger partial charge on any atom is -0.462 e. The van der Waals surface area contributed by atoms with Crippen LogP contribution in [0.1, 0.15) is 19.4 Å². The van der Waals surface area contributed by atoms with E-state index in [1.165, 1.54) is 0 Å². The van der Waals surface area contributed by atoms with E-state index in [1.54, 1.807) is 26.0 Å². The van der Waals surface area contributed by atoms with Crippen molar-refractivity contribution in [3.8, 4) is 0 Å². The van der Waals surface area contributed by atoms with Gasteiger partial charge in [0.2, 0.25) is 7.44 Å². The van der Waals surface area contributed by atoms with Crippen LogP contribution in [-0.2, 0) is 30.2 Å². The lowest BCUT2D eigenvalue weighted by atomic mass is 10.2. The molecule has 0 aliphatic heterocycles. The second-order valence-electron chi connectivity index (χ2n) is 4.97. The van der Waals surface area contributed by atoms with Gasteiger partial charge in [-0.25, -0.2) is 5.09 Å². The van der Waals surface area contributed by atoms with E-state index >= 15 is 0 Å². The van der Waals surface area contributed by atoms with Gasteiger partial charge in [-0.1, -0.05) is 30.3 Å². The largest absolute Gasteiger partial charge is 0.462 e. The summed E-state index contributed by atoms with van der Waals surface area (Å²) in [4.78, 5) is 22.9. The maximum absolute atomic E-state index is 12.0. The number of hydrogen-bond donors (Lipinski definition) is 2. The number of esters is 2. The Bertz CT molecular complexity index is 547. The maximum atomic E-state index is 12.0. The summed E-state index contributed by atoms with van der Waals surface area (Å²) < 4.78 is 21.8. The van der Waals surface area contributed by atoms with Crippen LogP contribution in [0, 0.1) is 0 Å². The number of benzene rings is 1. The van der Waals surface area contributed by atoms with Gasteiger partial charge < -0.3 is 9.47 Å². The summed E-state index contributed by atoms with van der Waals surface area (Å²) in [5, 5.41) is 2.35. The van der Waals surface area contributed by atoms with Crippen molar-refractivity contribution in [1.82, 2.24) is 5.09 Å². The number of hydrogen-bond acceptors (Lipinski definition) is 5. The van der Waals surface area contributed by atoms with Crippen LogP contribution < -0.4 is 10.6 Å². The molecular weight excluding hydrogens is 307 g/mol. The van der Waals surface area contributed by atoms with Crippen LogP contribution in [0.5, 0.6) is 0 Å². The highest BCUT2D eigenvalue weighted by Gasteiger charge is 2.23. The van der Waals surface area contributed by atoms with Crippen LogP contribution in [0.2, 0.25) is 0 Å². The molecule has 0 bridgehead atoms. The first-order valence-corrected chi connectivity index (χ1v) is 8.76. The lowest BCUT2D eigenvalue weighted by Crippen LogP contribution is -2.30. The first-order chi connectivity index (χ1) is 10.3. The molecule has 0 heterocycles. The van der Waals surface area contributed by atoms with Crippen molar-refractivity contribution in [3.63, 3.8) is 0 Å². The Kier molecular flexibility index (Phi) is 7.24. The third kappa shape index (κ3) is 7.93. The molecule has 0 amide bonds. The fourth-order valence-electron chi connectivity index (χ4n) is 1.53. The predicted octanol–water partition coefficient (Wildman–Crippen LogP) is 1.42. The van der Waals surface area contributed by atoms with Crippen LogP contribution >= 0.6 is 7.44 Å². The van der Waals surface area contributed by atoms with Gasteiger partial charge in [0.15, 0.2) is 0 Å². The van der Waals surface area contributed by atoms with Crippen molar-refractivity contribution in [2.24, 2.45) is 5.50 Å². The Balaban J connectivity index is 2.35. The molecule has 1 rings (SSSR count). The molecule has 0 radical (unpaired) electrons. The Morgan fingerprint density at radius 2 is 1.86 bits per heavy atom. The molecule has 0 aliphatic rings. The highest BCUT2D eigenvalue weighted by molar-refractivity contribution is 7.60. The minimum atomic E-state index is -3.49. The maximum Gasteiger partial charge on any atom is 0.320 e. The topological polar surface area (TPSA) is 108 Å². The molecule has 0 aliphatic carbocycles. The molecule has 0 aromatic heterocycles. The summed E-state index contributed by atoms with van der Waals surface area (Å²) in [6.45, 7) is 3.15. The van der Waals surface area contributed by atoms with E-state index in [1.807, 2.05) is 18.2 Å². The van der Waals surface area contributed by atoms with Crippen molar-refractivity contribution >= 4 is 19.4 Å². The molecule has 0 spiro atoms. The van der Waals surface area contributed by atoms with Crippen molar-refractivity contribution in [1.29, 1.82) is 0 Å². The number of rotatable bonds is 8. The normalized spacial score (nSPS) is 13.5. The highest BCUT2D eigenvalue weighted by Crippen LogP contribution is 2.30. The van der Waals surface area contributed by atoms with E-state index in [4.69, 9.17) is 15.0 Å². The molecule has 1 aromatic rings. The van der Waals surface area contributed by atoms with Gasteiger partial charge in [0.25, 0.3) is 0 Å². The Morgan fingerprint density at radius 1 is 1.23 bits per heavy atom. The van der Waals surface area contributed by atoms with Gasteiger partial charge in [0, 0.05) is 0 Å². The monoisotopic (exact) mass is 328 g/mol. The van der Waals surface area contributed by atoms with Gasteiger partial charge in [0.1, 0.15) is 19.3 Å². The molecule has 3 N–H and O–H groups in total. The third-order valence-electron chi connectivity index (χ3n) is 2.46. The van der Waals surface area contributed by atoms with Crippen LogP contribution in [0.15, 0.2) is 30.3 Å². The van der Waals surface area contributed by atoms with Crippen molar-refractivity contribution in [2.75, 3.05) is 12.7 Å². The lowest BCUT2D eigenvalue weighted by molar-refractivity contribution is -0.146. The fourth-order valence-corrected chi connectivity index (χ4v) is 2.52. The van der Waals surface area contributed by atoms with Gasteiger partial charge >= 0.3 is 11.9 Å². The first kappa shape index (κ1) is 18.4. The second-order valence-corrected chi connectivity index (χ2v) is 7.20. The van der Waals surface area contributed by atoms with E-state index < -0.39 is 25.5 Å². The van der Waals surface area contributed by atoms with E-state index in [-0.39, 0.29) is 19.3 Å². The quantitative estimate of drug-likeness (QED) is 0.549. The minimum absolute atomic E-state index is 0.0784. The number of carbonyl (C=O) groups excluding carboxylic acids is 2. The van der Waals surface area contributed by atoms with E-state index in [0.717, 1.165) is 5.56 Å². The fraction of sp³-hybridized carbons (Fsp3) is 0.429. The zero-order chi connectivity index (χ0) is 16.6. The van der Waals surface area contributed by atoms with Gasteiger partial charge in [-0.2, -0.15) is 0 Å². The summed E-state index contributed by atoms with van der Waals surface area (Å²) in [5.74, 6) is -1.28. The molecule has 1 atom stereocenters. The van der Waals surface area contributed by atoms with Gasteiger partial charge in [-0.15, -0.1) is 0 Å². The molecule has 0 saturated carbocycles. The molecule has 7 nitrogen and oxygen atoms in total. The van der Waals surface area contributed by atoms with Gasteiger partial charge in [-0.05, 0) is 19.4 Å². The molecule has 8 heteroatoms. The van der Waals surface area contributed by atoms with Crippen molar-refractivity contribution in [3.05, 3.63) is 35.9 Å². The Hall–Kier alpha value is -1.69. The van der Waals surface area contributed by atoms with E-state index in [9.17, 15) is 14.2 Å². The molecular formula is C14H21N2O5P. The van der Waals surface area contributed by atoms with Crippen LogP contribution in [-0.4, -0.2) is 30.7 Å². The summed E-state index contributed by atoms with van der Waals surface area (Å²) in [7, 11) is -3.49. The smallest absolute Gasteiger partial charge is 0.320 e. The SMILES string of the molecule is CC(C)OC(=O)CNP(N)(=O)CC(=O)OCc1ccccc1. The molecule has 0 fully saturated rings. The van der Waals surface area contributed by atoms with Crippen LogP contribution in [0.3, 0.4) is 0 Å². The molecule has 122 valence electrons. The number of ether oxygens (including phenoxy) is 2. The highest BCUT2D eigenvalue weighted by atomic mass is 31.2. The standard InChI is InChI=1S/C14H21N2O5P/c1-11(2)21-13(17)8-16-22(15,19)10-14(18)20-9-12-6-4-3-5-7-12/h3-7,11H,8-10H2,1-2H3,(H3,15,16,19). The summed E-state index contributed by atoms with van der Waals surface area (Å²) >= 11 is 0. The number of carbonyl (C=O) groups is 2. The van der Waals surface area contributed by atoms with Crippen LogP contribution in [0.25, 0.3) is 0 Å². The first-order valence-electron chi connectivity index (χ1n) is 6.80. The zero-order valence-electron chi connectivity index (χ0n) is 12.7. The van der Waals surface area contributed by atoms with Crippen LogP contribution in [0.4, 0.5) is 0 Å². The van der Waals surface area contributed by atoms with Gasteiger partial charge in [-0.3, -0.25) is 19.7 Å². The average Bonchev–Trinajstić information content (AvgIpc) is 2.43.